The minimum atomic E-state index is -1.82. The third-order valence-electron chi connectivity index (χ3n) is 14.8. The van der Waals surface area contributed by atoms with E-state index in [0.29, 0.717) is 36.6 Å². The molecule has 34 nitrogen and oxygen atoms in total. The van der Waals surface area contributed by atoms with Gasteiger partial charge in [-0.2, -0.15) is 11.8 Å². The fourth-order valence-electron chi connectivity index (χ4n) is 10.1. The van der Waals surface area contributed by atoms with Gasteiger partial charge in [-0.3, -0.25) is 57.6 Å². The van der Waals surface area contributed by atoms with E-state index in [1.807, 2.05) is 11.8 Å². The molecule has 2 bridgehead atoms. The number of benzene rings is 1. The van der Waals surface area contributed by atoms with Crippen molar-refractivity contribution in [3.8, 4) is 5.75 Å². The van der Waals surface area contributed by atoms with Crippen LogP contribution < -0.4 is 76.1 Å². The molecule has 92 heavy (non-hydrogen) atoms. The number of carbonyl (C=O) groups excluding carboxylic acids is 11. The van der Waals surface area contributed by atoms with Gasteiger partial charge in [0.15, 0.2) is 5.96 Å². The van der Waals surface area contributed by atoms with Crippen LogP contribution in [-0.2, 0) is 81.5 Å². The number of nitrogens with one attached hydrogen (secondary N) is 10. The van der Waals surface area contributed by atoms with Gasteiger partial charge in [-0.15, -0.1) is 5.10 Å². The van der Waals surface area contributed by atoms with Crippen LogP contribution in [0.25, 0.3) is 0 Å². The van der Waals surface area contributed by atoms with E-state index in [9.17, 15) is 63.0 Å². The molecular weight excluding hydrogens is 1220 g/mol. The topological polar surface area (TPSA) is 523 Å². The van der Waals surface area contributed by atoms with E-state index < -0.39 is 115 Å². The number of ether oxygens (including phenoxy) is 3. The standard InChI is InChI=1S/C57H90N18O16S/c1-32(2)24-38-51(83)65-36(49(59)81)8-5-6-18-75-28-34(73-74-75)26-40(64-47(80)30-91-23-22-90-21-20-89-19-17-62-46(79)11-4-3-10-44-48-43(31-92-44)71-57(88)72-48)53(85)66-37(9-7-16-63-56(60)61)50(82)70-42(29-76)55(87)68-39(25-33-12-14-35(77)15-13-33)52(84)69-41(27-45(58)78)54(86)67-38/h12-15,28,32,36-44,48,76-77H,3-11,16-27,29-31H2,1-2H3,(H2,58,78)(H2,59,81)(H,62,79)(H,64,80)(H,65,83)(H,66,85)(H,67,86)(H,68,87)(H,69,84)(H,70,82)(H4,60,61,63)(H2,71,72,88)/t36-,37-,38-,39-,40-,41-,42-,43-,44?,48-/m0/s1. The molecule has 2 saturated heterocycles. The molecule has 10 atom stereocenters. The van der Waals surface area contributed by atoms with Gasteiger partial charge >= 0.3 is 6.03 Å². The van der Waals surface area contributed by atoms with E-state index in [1.54, 1.807) is 13.8 Å². The third-order valence-corrected chi connectivity index (χ3v) is 16.4. The summed E-state index contributed by atoms with van der Waals surface area (Å²) in [5.74, 6) is -8.49. The number of rotatable bonds is 29. The predicted octanol–water partition coefficient (Wildman–Crippen LogP) is -5.31. The molecule has 0 radical (unpaired) electrons. The van der Waals surface area contributed by atoms with Crippen LogP contribution in [0.3, 0.4) is 0 Å². The molecule has 5 rings (SSSR count). The van der Waals surface area contributed by atoms with E-state index in [4.69, 9.17) is 37.1 Å². The van der Waals surface area contributed by atoms with Crippen LogP contribution in [-0.4, -0.2) is 221 Å². The summed E-state index contributed by atoms with van der Waals surface area (Å²) in [6.07, 6.45) is 3.61. The van der Waals surface area contributed by atoms with Gasteiger partial charge in [0.25, 0.3) is 0 Å². The zero-order chi connectivity index (χ0) is 67.1. The molecule has 3 aliphatic heterocycles. The third kappa shape index (κ3) is 26.8. The van der Waals surface area contributed by atoms with Crippen molar-refractivity contribution in [1.29, 1.82) is 0 Å². The summed E-state index contributed by atoms with van der Waals surface area (Å²) in [5, 5.41) is 55.6. The van der Waals surface area contributed by atoms with E-state index in [2.05, 4.69) is 68.5 Å². The molecule has 510 valence electrons. The minimum Gasteiger partial charge on any atom is -0.508 e. The normalized spacial score (nSPS) is 23.8. The summed E-state index contributed by atoms with van der Waals surface area (Å²) in [7, 11) is 0. The molecule has 0 saturated carbocycles. The number of nitrogens with two attached hydrogens (primary N) is 4. The van der Waals surface area contributed by atoms with Crippen LogP contribution in [0.1, 0.15) is 95.7 Å². The van der Waals surface area contributed by atoms with Gasteiger partial charge in [-0.25, -0.2) is 4.79 Å². The number of nitrogens with zero attached hydrogens (tertiary/aromatic N) is 4. The maximum atomic E-state index is 14.4. The number of guanidine groups is 1. The average Bonchev–Trinajstić information content (AvgIpc) is 1.67. The summed E-state index contributed by atoms with van der Waals surface area (Å²) in [4.78, 5) is 151. The molecule has 2 fully saturated rings. The van der Waals surface area contributed by atoms with Gasteiger partial charge in [0.1, 0.15) is 54.6 Å². The van der Waals surface area contributed by atoms with E-state index >= 15 is 0 Å². The summed E-state index contributed by atoms with van der Waals surface area (Å²) in [6.45, 7) is 3.08. The highest BCUT2D eigenvalue weighted by Crippen LogP contribution is 2.33. The first-order valence-electron chi connectivity index (χ1n) is 30.7. The zero-order valence-corrected chi connectivity index (χ0v) is 52.6. The number of hydrogen-bond acceptors (Lipinski definition) is 20. The lowest BCUT2D eigenvalue weighted by Gasteiger charge is -2.27. The number of urea groups is 1. The Morgan fingerprint density at radius 3 is 2.07 bits per heavy atom. The Kier molecular flexibility index (Phi) is 31.6. The number of fused-ring (bicyclic) bond motifs is 3. The Morgan fingerprint density at radius 1 is 0.728 bits per heavy atom. The van der Waals surface area contributed by atoms with E-state index in [0.717, 1.165) is 25.0 Å². The number of aromatic hydroxyl groups is 1. The number of hydrogen-bond donors (Lipinski definition) is 16. The number of primary amides is 2. The van der Waals surface area contributed by atoms with Crippen molar-refractivity contribution in [2.24, 2.45) is 33.8 Å². The molecule has 1 unspecified atom stereocenters. The van der Waals surface area contributed by atoms with Crippen LogP contribution in [0.15, 0.2) is 35.5 Å². The molecular formula is C57H90N18O16S. The molecule has 1 aromatic heterocycles. The average molecular weight is 1320 g/mol. The smallest absolute Gasteiger partial charge is 0.315 e. The van der Waals surface area contributed by atoms with Crippen molar-refractivity contribution < 1.29 is 77.2 Å². The summed E-state index contributed by atoms with van der Waals surface area (Å²) < 4.78 is 18.1. The lowest BCUT2D eigenvalue weighted by Crippen LogP contribution is -2.61. The van der Waals surface area contributed by atoms with Crippen molar-refractivity contribution >= 4 is 82.8 Å². The Balaban J connectivity index is 1.26. The number of phenolic OH excluding ortho intramolecular Hbond substituents is 1. The highest BCUT2D eigenvalue weighted by atomic mass is 32.2. The molecule has 4 heterocycles. The highest BCUT2D eigenvalue weighted by molar-refractivity contribution is 8.00. The number of unbranched alkanes of at least 4 members (excludes halogenated alkanes) is 1. The number of aryl methyl sites for hydroxylation is 1. The van der Waals surface area contributed by atoms with Gasteiger partial charge in [-0.1, -0.05) is 37.6 Å². The molecule has 1 aromatic carbocycles. The number of amides is 12. The van der Waals surface area contributed by atoms with Crippen LogP contribution in [0.2, 0.25) is 0 Å². The van der Waals surface area contributed by atoms with Gasteiger partial charge < -0.3 is 101 Å². The van der Waals surface area contributed by atoms with Gasteiger partial charge in [0, 0.05) is 56.1 Å². The van der Waals surface area contributed by atoms with Gasteiger partial charge in [-0.05, 0) is 75.0 Å². The second kappa shape index (κ2) is 39.1. The van der Waals surface area contributed by atoms with Crippen molar-refractivity contribution in [2.75, 3.05) is 65.1 Å². The number of phenols is 1. The fourth-order valence-corrected chi connectivity index (χ4v) is 11.7. The van der Waals surface area contributed by atoms with Crippen LogP contribution >= 0.6 is 11.8 Å². The Hall–Kier alpha value is -8.41. The molecule has 0 spiro atoms. The quantitative estimate of drug-likeness (QED) is 0.0157. The van der Waals surface area contributed by atoms with Crippen LogP contribution in [0, 0.1) is 5.92 Å². The van der Waals surface area contributed by atoms with Crippen LogP contribution in [0.5, 0.6) is 5.75 Å². The minimum absolute atomic E-state index is 0.0192. The number of aliphatic hydroxyl groups excluding tert-OH is 1. The molecule has 3 aliphatic rings. The maximum Gasteiger partial charge on any atom is 0.315 e. The first-order valence-corrected chi connectivity index (χ1v) is 31.7. The maximum absolute atomic E-state index is 14.4. The second-order valence-corrected chi connectivity index (χ2v) is 24.1. The van der Waals surface area contributed by atoms with Crippen molar-refractivity contribution in [3.05, 3.63) is 41.7 Å². The summed E-state index contributed by atoms with van der Waals surface area (Å²) >= 11 is 1.84. The Labute approximate surface area is 536 Å². The molecule has 2 aromatic rings. The molecule has 12 amide bonds. The lowest BCUT2D eigenvalue weighted by atomic mass is 10.0. The van der Waals surface area contributed by atoms with Crippen molar-refractivity contribution in [3.63, 3.8) is 0 Å². The summed E-state index contributed by atoms with van der Waals surface area (Å²) in [6, 6.07) is -5.09. The first-order chi connectivity index (χ1) is 44.0. The van der Waals surface area contributed by atoms with E-state index in [-0.39, 0.29) is 132 Å². The predicted molar refractivity (Wildman–Crippen MR) is 332 cm³/mol. The molecule has 35 heteroatoms. The van der Waals surface area contributed by atoms with Gasteiger partial charge in [0.2, 0.25) is 59.1 Å². The second-order valence-electron chi connectivity index (χ2n) is 22.9. The van der Waals surface area contributed by atoms with E-state index in [1.165, 1.54) is 35.1 Å². The number of carbonyl (C=O) groups is 11. The van der Waals surface area contributed by atoms with Crippen molar-refractivity contribution in [1.82, 2.24) is 68.2 Å². The summed E-state index contributed by atoms with van der Waals surface area (Å²) in [5.41, 5.74) is 22.9. The largest absolute Gasteiger partial charge is 0.508 e. The first kappa shape index (κ1) is 74.3. The van der Waals surface area contributed by atoms with Crippen LogP contribution in [0.4, 0.5) is 4.79 Å². The highest BCUT2D eigenvalue weighted by Gasteiger charge is 2.43. The Bertz CT molecular complexity index is 2830. The van der Waals surface area contributed by atoms with Gasteiger partial charge in [0.05, 0.1) is 63.8 Å². The zero-order valence-electron chi connectivity index (χ0n) is 51.8. The Morgan fingerprint density at radius 2 is 1.37 bits per heavy atom. The number of aromatic nitrogens is 3. The number of aliphatic hydroxyl groups is 1. The monoisotopic (exact) mass is 1310 g/mol. The molecule has 20 N–H and O–H groups in total. The number of aliphatic imine (C=N–C) groups is 1. The fraction of sp³-hybridized carbons (Fsp3) is 0.649. The van der Waals surface area contributed by atoms with Crippen molar-refractivity contribution in [2.45, 2.75) is 163 Å². The lowest BCUT2D eigenvalue weighted by molar-refractivity contribution is -0.137. The molecule has 0 aliphatic carbocycles. The number of thioether (sulfide) groups is 1. The SMILES string of the molecule is CC(C)C[C@@H]1NC(=O)[C@H](CC(N)=O)NC(=O)[C@H](Cc2ccc(O)cc2)NC(=O)[C@H](CO)NC(=O)[C@H](CCCN=C(N)N)NC(=O)[C@@H](NC(=O)COCCOCCOCCNC(=O)CCCCC2SC[C@@H]3NC(=O)N[C@H]23)Cc2cn(nn2)CCCC[C@@H](C(N)=O)NC1=O.